The van der Waals surface area contributed by atoms with Crippen LogP contribution in [0.4, 0.5) is 0 Å². The third-order valence-electron chi connectivity index (χ3n) is 1.68. The number of hydrogen-bond acceptors (Lipinski definition) is 1. The van der Waals surface area contributed by atoms with Crippen LogP contribution in [0, 0.1) is 0 Å². The molecule has 0 fully saturated rings. The van der Waals surface area contributed by atoms with Crippen molar-refractivity contribution >= 4 is 6.72 Å². The van der Waals surface area contributed by atoms with E-state index in [2.05, 4.69) is 39.4 Å². The Morgan fingerprint density at radius 2 is 1.00 bits per heavy atom. The van der Waals surface area contributed by atoms with Crippen molar-refractivity contribution in [3.8, 4) is 0 Å². The summed E-state index contributed by atoms with van der Waals surface area (Å²) in [5.74, 6) is 0. The van der Waals surface area contributed by atoms with Gasteiger partial charge in [-0.3, -0.25) is 0 Å². The van der Waals surface area contributed by atoms with Crippen molar-refractivity contribution in [1.29, 1.82) is 0 Å². The minimum atomic E-state index is 0.833. The molecule has 0 aromatic carbocycles. The van der Waals surface area contributed by atoms with Crippen LogP contribution < -0.4 is 0 Å². The number of aliphatic imine (C=N–C) groups is 1. The van der Waals surface area contributed by atoms with E-state index in [1.165, 1.54) is 38.5 Å². The summed E-state index contributed by atoms with van der Waals surface area (Å²) in [6, 6.07) is 0. The Morgan fingerprint density at radius 1 is 0.714 bits per heavy atom. The molecule has 0 amide bonds. The Hall–Kier alpha value is -0.330. The van der Waals surface area contributed by atoms with Gasteiger partial charge in [-0.25, -0.2) is 0 Å². The summed E-state index contributed by atoms with van der Waals surface area (Å²) >= 11 is 0. The predicted molar refractivity (Wildman–Crippen MR) is 70.5 cm³/mol. The molecule has 0 aliphatic carbocycles. The van der Waals surface area contributed by atoms with Crippen LogP contribution in [-0.2, 0) is 0 Å². The Morgan fingerprint density at radius 3 is 1.07 bits per heavy atom. The molecule has 0 spiro atoms. The molecule has 0 N–H and O–H groups in total. The standard InChI is InChI=1S/C6H14.C4H10.C3H7N/c1-3-5-6-4-2;2*1-3-4-2/h3-6H2,1-2H3;3-4H2,1-2H3;2-3H2,1H3. The Kier molecular flexibility index (Phi) is 40.4. The first-order chi connectivity index (χ1) is 6.74. The van der Waals surface area contributed by atoms with Crippen molar-refractivity contribution in [2.75, 3.05) is 6.54 Å². The van der Waals surface area contributed by atoms with Crippen LogP contribution in [0.5, 0.6) is 0 Å². The maximum atomic E-state index is 3.49. The molecule has 1 nitrogen and oxygen atoms in total. The highest BCUT2D eigenvalue weighted by Crippen LogP contribution is 1.95. The topological polar surface area (TPSA) is 12.4 Å². The van der Waals surface area contributed by atoms with E-state index in [0.29, 0.717) is 0 Å². The molecule has 0 bridgehead atoms. The zero-order chi connectivity index (χ0) is 11.7. The van der Waals surface area contributed by atoms with Crippen molar-refractivity contribution in [2.24, 2.45) is 4.99 Å². The summed E-state index contributed by atoms with van der Waals surface area (Å²) in [5.41, 5.74) is 0. The molecule has 0 unspecified atom stereocenters. The Balaban J connectivity index is -0.000000135. The number of rotatable bonds is 5. The van der Waals surface area contributed by atoms with Gasteiger partial charge in [0.05, 0.1) is 0 Å². The minimum Gasteiger partial charge on any atom is -0.301 e. The summed E-state index contributed by atoms with van der Waals surface area (Å²) in [6.45, 7) is 14.8. The summed E-state index contributed by atoms with van der Waals surface area (Å²) in [6.07, 6.45) is 8.18. The van der Waals surface area contributed by atoms with Crippen LogP contribution in [0.1, 0.15) is 73.1 Å². The zero-order valence-electron chi connectivity index (χ0n) is 11.1. The fraction of sp³-hybridized carbons (Fsp3) is 0.923. The molecule has 0 radical (unpaired) electrons. The average molecular weight is 201 g/mol. The highest BCUT2D eigenvalue weighted by molar-refractivity contribution is 5.22. The maximum absolute atomic E-state index is 3.49. The van der Waals surface area contributed by atoms with Crippen molar-refractivity contribution in [3.63, 3.8) is 0 Å². The van der Waals surface area contributed by atoms with E-state index in [1.807, 2.05) is 6.92 Å². The highest BCUT2D eigenvalue weighted by Gasteiger charge is 1.75. The predicted octanol–water partition coefficient (Wildman–Crippen LogP) is 5.10. The van der Waals surface area contributed by atoms with E-state index in [-0.39, 0.29) is 0 Å². The van der Waals surface area contributed by atoms with Crippen LogP contribution in [0.25, 0.3) is 0 Å². The lowest BCUT2D eigenvalue weighted by Gasteiger charge is -1.86. The van der Waals surface area contributed by atoms with Crippen molar-refractivity contribution in [1.82, 2.24) is 0 Å². The van der Waals surface area contributed by atoms with Crippen LogP contribution in [0.15, 0.2) is 4.99 Å². The molecule has 0 heterocycles. The SMILES string of the molecule is C=NCC.CCCC.CCCCCC. The van der Waals surface area contributed by atoms with E-state index < -0.39 is 0 Å². The molecule has 1 heteroatoms. The highest BCUT2D eigenvalue weighted by atomic mass is 14.6. The van der Waals surface area contributed by atoms with E-state index in [4.69, 9.17) is 0 Å². The smallest absolute Gasteiger partial charge is 0.0353 e. The summed E-state index contributed by atoms with van der Waals surface area (Å²) in [4.78, 5) is 3.49. The minimum absolute atomic E-state index is 0.833. The third kappa shape index (κ3) is 60.9. The molecule has 88 valence electrons. The van der Waals surface area contributed by atoms with Crippen LogP contribution in [0.3, 0.4) is 0 Å². The zero-order valence-corrected chi connectivity index (χ0v) is 11.1. The molecule has 0 aromatic heterocycles. The molecule has 14 heavy (non-hydrogen) atoms. The largest absolute Gasteiger partial charge is 0.301 e. The van der Waals surface area contributed by atoms with Gasteiger partial charge < -0.3 is 4.99 Å². The van der Waals surface area contributed by atoms with Gasteiger partial charge in [0, 0.05) is 6.54 Å². The number of unbranched alkanes of at least 4 members (excludes halogenated alkanes) is 4. The quantitative estimate of drug-likeness (QED) is 0.433. The molecule has 0 aliphatic rings. The van der Waals surface area contributed by atoms with E-state index in [0.717, 1.165) is 6.54 Å². The molecular formula is C13H31N. The van der Waals surface area contributed by atoms with Gasteiger partial charge in [0.2, 0.25) is 0 Å². The molecular weight excluding hydrogens is 170 g/mol. The van der Waals surface area contributed by atoms with Crippen molar-refractivity contribution in [3.05, 3.63) is 0 Å². The summed E-state index contributed by atoms with van der Waals surface area (Å²) in [7, 11) is 0. The first-order valence-electron chi connectivity index (χ1n) is 6.17. The lowest BCUT2D eigenvalue weighted by molar-refractivity contribution is 0.702. The summed E-state index contributed by atoms with van der Waals surface area (Å²) < 4.78 is 0. The molecule has 0 atom stereocenters. The van der Waals surface area contributed by atoms with Gasteiger partial charge >= 0.3 is 0 Å². The van der Waals surface area contributed by atoms with Gasteiger partial charge in [0.25, 0.3) is 0 Å². The van der Waals surface area contributed by atoms with Gasteiger partial charge in [-0.15, -0.1) is 0 Å². The van der Waals surface area contributed by atoms with Crippen LogP contribution in [0.2, 0.25) is 0 Å². The van der Waals surface area contributed by atoms with E-state index in [9.17, 15) is 0 Å². The second-order valence-electron chi connectivity index (χ2n) is 3.25. The molecule has 0 saturated carbocycles. The van der Waals surface area contributed by atoms with Crippen molar-refractivity contribution < 1.29 is 0 Å². The second kappa shape index (κ2) is 29.3. The first kappa shape index (κ1) is 19.3. The van der Waals surface area contributed by atoms with Gasteiger partial charge in [0.15, 0.2) is 0 Å². The van der Waals surface area contributed by atoms with Crippen molar-refractivity contribution in [2.45, 2.75) is 73.1 Å². The van der Waals surface area contributed by atoms with Gasteiger partial charge in [-0.2, -0.15) is 0 Å². The first-order valence-corrected chi connectivity index (χ1v) is 6.17. The Bertz CT molecular complexity index is 63.6. The Labute approximate surface area is 92.0 Å². The number of hydrogen-bond donors (Lipinski definition) is 0. The number of nitrogens with zero attached hydrogens (tertiary/aromatic N) is 1. The monoisotopic (exact) mass is 201 g/mol. The van der Waals surface area contributed by atoms with Gasteiger partial charge in [-0.05, 0) is 13.6 Å². The fourth-order valence-electron chi connectivity index (χ4n) is 0.500. The van der Waals surface area contributed by atoms with E-state index in [1.54, 1.807) is 0 Å². The lowest BCUT2D eigenvalue weighted by atomic mass is 10.2. The average Bonchev–Trinajstić information content (AvgIpc) is 2.27. The third-order valence-corrected chi connectivity index (χ3v) is 1.68. The van der Waals surface area contributed by atoms with Gasteiger partial charge in [-0.1, -0.05) is 66.2 Å². The lowest BCUT2D eigenvalue weighted by Crippen LogP contribution is -1.66. The molecule has 0 aromatic rings. The van der Waals surface area contributed by atoms with Crippen LogP contribution in [-0.4, -0.2) is 13.3 Å². The molecule has 0 aliphatic heterocycles. The van der Waals surface area contributed by atoms with Gasteiger partial charge in [0.1, 0.15) is 0 Å². The fourth-order valence-corrected chi connectivity index (χ4v) is 0.500. The normalized spacial score (nSPS) is 7.79. The maximum Gasteiger partial charge on any atom is 0.0353 e. The molecule has 0 rings (SSSR count). The molecule has 0 saturated heterocycles. The second-order valence-corrected chi connectivity index (χ2v) is 3.25. The van der Waals surface area contributed by atoms with E-state index >= 15 is 0 Å². The summed E-state index contributed by atoms with van der Waals surface area (Å²) in [5, 5.41) is 0. The van der Waals surface area contributed by atoms with Crippen LogP contribution >= 0.6 is 0 Å².